The SMILES string of the molecule is CCOc1cccc(Nc2ccc(Br)cc2Br)c1N. The Balaban J connectivity index is 2.30. The van der Waals surface area contributed by atoms with E-state index in [0.29, 0.717) is 18.0 Å². The molecule has 0 saturated heterocycles. The van der Waals surface area contributed by atoms with Crippen LogP contribution < -0.4 is 15.8 Å². The summed E-state index contributed by atoms with van der Waals surface area (Å²) in [5.74, 6) is 0.695. The van der Waals surface area contributed by atoms with E-state index in [1.807, 2.05) is 43.3 Å². The molecule has 5 heteroatoms. The Morgan fingerprint density at radius 3 is 2.63 bits per heavy atom. The van der Waals surface area contributed by atoms with Crippen molar-refractivity contribution in [3.63, 3.8) is 0 Å². The number of ether oxygens (including phenoxy) is 1. The highest BCUT2D eigenvalue weighted by atomic mass is 79.9. The molecule has 0 atom stereocenters. The molecule has 2 aromatic rings. The summed E-state index contributed by atoms with van der Waals surface area (Å²) < 4.78 is 7.46. The largest absolute Gasteiger partial charge is 0.492 e. The minimum Gasteiger partial charge on any atom is -0.492 e. The molecule has 2 aromatic carbocycles. The van der Waals surface area contributed by atoms with Gasteiger partial charge in [-0.2, -0.15) is 0 Å². The van der Waals surface area contributed by atoms with Crippen molar-refractivity contribution in [3.05, 3.63) is 45.3 Å². The van der Waals surface area contributed by atoms with Crippen LogP contribution in [0.1, 0.15) is 6.92 Å². The molecule has 0 bridgehead atoms. The van der Waals surface area contributed by atoms with Gasteiger partial charge in [-0.1, -0.05) is 22.0 Å². The Kier molecular flexibility index (Phi) is 4.71. The molecule has 3 N–H and O–H groups in total. The summed E-state index contributed by atoms with van der Waals surface area (Å²) >= 11 is 6.94. The lowest BCUT2D eigenvalue weighted by Crippen LogP contribution is -2.01. The maximum Gasteiger partial charge on any atom is 0.144 e. The third kappa shape index (κ3) is 3.42. The van der Waals surface area contributed by atoms with Gasteiger partial charge in [-0.25, -0.2) is 0 Å². The molecular weight excluding hydrogens is 372 g/mol. The number of nitrogen functional groups attached to an aromatic ring is 1. The number of hydrogen-bond donors (Lipinski definition) is 2. The summed E-state index contributed by atoms with van der Waals surface area (Å²) in [6.07, 6.45) is 0. The minimum absolute atomic E-state index is 0.593. The van der Waals surface area contributed by atoms with Gasteiger partial charge in [0.25, 0.3) is 0 Å². The van der Waals surface area contributed by atoms with E-state index in [1.165, 1.54) is 0 Å². The molecule has 0 unspecified atom stereocenters. The van der Waals surface area contributed by atoms with E-state index in [2.05, 4.69) is 37.2 Å². The highest BCUT2D eigenvalue weighted by Gasteiger charge is 2.07. The summed E-state index contributed by atoms with van der Waals surface area (Å²) in [5, 5.41) is 3.29. The molecule has 0 fully saturated rings. The fourth-order valence-electron chi connectivity index (χ4n) is 1.67. The maximum atomic E-state index is 6.09. The predicted octanol–water partition coefficient (Wildman–Crippen LogP) is 4.94. The second kappa shape index (κ2) is 6.30. The Morgan fingerprint density at radius 1 is 1.16 bits per heavy atom. The normalized spacial score (nSPS) is 10.3. The predicted molar refractivity (Wildman–Crippen MR) is 87.1 cm³/mol. The van der Waals surface area contributed by atoms with Crippen LogP contribution in [-0.2, 0) is 0 Å². The van der Waals surface area contributed by atoms with Gasteiger partial charge in [0.15, 0.2) is 0 Å². The third-order valence-corrected chi connectivity index (χ3v) is 3.72. The van der Waals surface area contributed by atoms with Crippen molar-refractivity contribution in [3.8, 4) is 5.75 Å². The number of rotatable bonds is 4. The maximum absolute atomic E-state index is 6.09. The van der Waals surface area contributed by atoms with Crippen molar-refractivity contribution in [1.29, 1.82) is 0 Å². The van der Waals surface area contributed by atoms with Gasteiger partial charge < -0.3 is 15.8 Å². The number of anilines is 3. The van der Waals surface area contributed by atoms with Crippen LogP contribution in [0, 0.1) is 0 Å². The summed E-state index contributed by atoms with van der Waals surface area (Å²) in [4.78, 5) is 0. The van der Waals surface area contributed by atoms with Gasteiger partial charge in [0.1, 0.15) is 5.75 Å². The smallest absolute Gasteiger partial charge is 0.144 e. The number of nitrogens with one attached hydrogen (secondary N) is 1. The highest BCUT2D eigenvalue weighted by Crippen LogP contribution is 2.34. The van der Waals surface area contributed by atoms with Crippen LogP contribution in [0.25, 0.3) is 0 Å². The van der Waals surface area contributed by atoms with E-state index < -0.39 is 0 Å². The molecule has 3 nitrogen and oxygen atoms in total. The first-order chi connectivity index (χ1) is 9.11. The molecule has 100 valence electrons. The van der Waals surface area contributed by atoms with Crippen LogP contribution in [0.4, 0.5) is 17.1 Å². The van der Waals surface area contributed by atoms with Gasteiger partial charge in [0.05, 0.1) is 23.7 Å². The van der Waals surface area contributed by atoms with Crippen molar-refractivity contribution >= 4 is 48.9 Å². The Bertz CT molecular complexity index is 588. The number of nitrogens with two attached hydrogens (primary N) is 1. The van der Waals surface area contributed by atoms with Gasteiger partial charge in [-0.05, 0) is 53.2 Å². The summed E-state index contributed by atoms with van der Waals surface area (Å²) in [6, 6.07) is 11.6. The lowest BCUT2D eigenvalue weighted by atomic mass is 10.2. The Hall–Kier alpha value is -1.20. The third-order valence-electron chi connectivity index (χ3n) is 2.57. The molecule has 0 saturated carbocycles. The topological polar surface area (TPSA) is 47.3 Å². The van der Waals surface area contributed by atoms with E-state index in [4.69, 9.17) is 10.5 Å². The van der Waals surface area contributed by atoms with E-state index in [0.717, 1.165) is 20.3 Å². The average molecular weight is 386 g/mol. The zero-order valence-electron chi connectivity index (χ0n) is 10.4. The Labute approximate surface area is 129 Å². The van der Waals surface area contributed by atoms with E-state index in [-0.39, 0.29) is 0 Å². The summed E-state index contributed by atoms with van der Waals surface area (Å²) in [6.45, 7) is 2.53. The summed E-state index contributed by atoms with van der Waals surface area (Å²) in [5.41, 5.74) is 8.47. The quantitative estimate of drug-likeness (QED) is 0.733. The monoisotopic (exact) mass is 384 g/mol. The molecule has 0 radical (unpaired) electrons. The lowest BCUT2D eigenvalue weighted by molar-refractivity contribution is 0.342. The standard InChI is InChI=1S/C14H14Br2N2O/c1-2-19-13-5-3-4-12(14(13)17)18-11-7-6-9(15)8-10(11)16/h3-8,18H,2,17H2,1H3. The first-order valence-corrected chi connectivity index (χ1v) is 7.43. The van der Waals surface area contributed by atoms with Crippen molar-refractivity contribution in [1.82, 2.24) is 0 Å². The zero-order valence-corrected chi connectivity index (χ0v) is 13.6. The van der Waals surface area contributed by atoms with Crippen LogP contribution in [0.2, 0.25) is 0 Å². The van der Waals surface area contributed by atoms with Gasteiger partial charge in [0.2, 0.25) is 0 Å². The first kappa shape index (κ1) is 14.2. The van der Waals surface area contributed by atoms with Gasteiger partial charge in [-0.3, -0.25) is 0 Å². The zero-order chi connectivity index (χ0) is 13.8. The fourth-order valence-corrected chi connectivity index (χ4v) is 2.82. The molecule has 0 heterocycles. The van der Waals surface area contributed by atoms with Gasteiger partial charge in [-0.15, -0.1) is 0 Å². The fraction of sp³-hybridized carbons (Fsp3) is 0.143. The van der Waals surface area contributed by atoms with Crippen molar-refractivity contribution in [2.24, 2.45) is 0 Å². The van der Waals surface area contributed by atoms with Crippen molar-refractivity contribution in [2.75, 3.05) is 17.7 Å². The number of para-hydroxylation sites is 1. The second-order valence-corrected chi connectivity index (χ2v) is 5.67. The Morgan fingerprint density at radius 2 is 1.95 bits per heavy atom. The van der Waals surface area contributed by atoms with Crippen molar-refractivity contribution in [2.45, 2.75) is 6.92 Å². The molecule has 19 heavy (non-hydrogen) atoms. The molecule has 0 aliphatic carbocycles. The van der Waals surface area contributed by atoms with Crippen molar-refractivity contribution < 1.29 is 4.74 Å². The molecule has 2 rings (SSSR count). The molecule has 0 aliphatic heterocycles. The van der Waals surface area contributed by atoms with Crippen LogP contribution in [0.15, 0.2) is 45.3 Å². The first-order valence-electron chi connectivity index (χ1n) is 5.85. The highest BCUT2D eigenvalue weighted by molar-refractivity contribution is 9.11. The van der Waals surface area contributed by atoms with Crippen LogP contribution >= 0.6 is 31.9 Å². The van der Waals surface area contributed by atoms with Crippen LogP contribution in [-0.4, -0.2) is 6.61 Å². The lowest BCUT2D eigenvalue weighted by Gasteiger charge is -2.14. The number of benzene rings is 2. The second-order valence-electron chi connectivity index (χ2n) is 3.90. The average Bonchev–Trinajstić information content (AvgIpc) is 2.37. The van der Waals surface area contributed by atoms with Crippen LogP contribution in [0.3, 0.4) is 0 Å². The molecule has 0 spiro atoms. The van der Waals surface area contributed by atoms with E-state index in [9.17, 15) is 0 Å². The number of halogens is 2. The summed E-state index contributed by atoms with van der Waals surface area (Å²) in [7, 11) is 0. The van der Waals surface area contributed by atoms with Crippen LogP contribution in [0.5, 0.6) is 5.75 Å². The van der Waals surface area contributed by atoms with Gasteiger partial charge in [0, 0.05) is 8.95 Å². The molecule has 0 aliphatic rings. The minimum atomic E-state index is 0.593. The van der Waals surface area contributed by atoms with E-state index >= 15 is 0 Å². The number of hydrogen-bond acceptors (Lipinski definition) is 3. The van der Waals surface area contributed by atoms with Gasteiger partial charge >= 0.3 is 0 Å². The molecule has 0 amide bonds. The molecular formula is C14H14Br2N2O. The molecule has 0 aromatic heterocycles. The van der Waals surface area contributed by atoms with E-state index in [1.54, 1.807) is 0 Å².